The van der Waals surface area contributed by atoms with Crippen molar-refractivity contribution < 1.29 is 32.3 Å². The maximum Gasteiger partial charge on any atom is 0.256 e. The molecule has 1 aromatic heterocycles. The number of alkyl halides is 4. The molecule has 0 saturated carbocycles. The third-order valence-electron chi connectivity index (χ3n) is 6.71. The van der Waals surface area contributed by atoms with Crippen molar-refractivity contribution in [1.82, 2.24) is 14.9 Å². The summed E-state index contributed by atoms with van der Waals surface area (Å²) in [6, 6.07) is 6.17. The van der Waals surface area contributed by atoms with Crippen LogP contribution in [0.1, 0.15) is 49.5 Å². The predicted molar refractivity (Wildman–Crippen MR) is 157 cm³/mol. The van der Waals surface area contributed by atoms with Crippen LogP contribution in [-0.4, -0.2) is 59.4 Å². The van der Waals surface area contributed by atoms with Gasteiger partial charge in [0.05, 0.1) is 33.3 Å². The van der Waals surface area contributed by atoms with Crippen molar-refractivity contribution in [2.45, 2.75) is 59.1 Å². The van der Waals surface area contributed by atoms with Crippen LogP contribution in [0.3, 0.4) is 0 Å². The van der Waals surface area contributed by atoms with E-state index in [1.807, 2.05) is 0 Å². The molecular weight excluding hydrogens is 601 g/mol. The number of imidazole rings is 1. The van der Waals surface area contributed by atoms with E-state index in [2.05, 4.69) is 15.6 Å². The van der Waals surface area contributed by atoms with Gasteiger partial charge in [-0.15, -0.1) is 0 Å². The first-order chi connectivity index (χ1) is 19.7. The zero-order valence-corrected chi connectivity index (χ0v) is 25.1. The summed E-state index contributed by atoms with van der Waals surface area (Å²) in [7, 11) is 1.00. The SMILES string of the molecule is CC(C)(C)C(=O)NCc1ccc(Cl)c(Nc2nc3cc(C=O)c(N4CCC(F)(F)CC4)cc3n2CC(F)F)c1Cl.CO. The van der Waals surface area contributed by atoms with E-state index in [-0.39, 0.29) is 76.7 Å². The smallest absolute Gasteiger partial charge is 0.256 e. The van der Waals surface area contributed by atoms with Gasteiger partial charge in [-0.1, -0.05) is 50.0 Å². The summed E-state index contributed by atoms with van der Waals surface area (Å²) in [5.74, 6) is -2.99. The number of hydrogen-bond acceptors (Lipinski definition) is 6. The molecule has 0 radical (unpaired) electrons. The van der Waals surface area contributed by atoms with Gasteiger partial charge in [0.1, 0.15) is 0 Å². The highest BCUT2D eigenvalue weighted by molar-refractivity contribution is 6.39. The summed E-state index contributed by atoms with van der Waals surface area (Å²) in [5.41, 5.74) is 1.22. The van der Waals surface area contributed by atoms with Crippen LogP contribution < -0.4 is 15.5 Å². The number of fused-ring (bicyclic) bond motifs is 1. The van der Waals surface area contributed by atoms with E-state index in [1.54, 1.807) is 37.8 Å². The Morgan fingerprint density at radius 3 is 2.38 bits per heavy atom. The van der Waals surface area contributed by atoms with Crippen LogP contribution in [-0.2, 0) is 17.9 Å². The van der Waals surface area contributed by atoms with Gasteiger partial charge in [0.25, 0.3) is 12.3 Å². The number of carbonyl (C=O) groups excluding carboxylic acids is 2. The lowest BCUT2D eigenvalue weighted by Gasteiger charge is -2.34. The molecule has 14 heteroatoms. The fourth-order valence-corrected chi connectivity index (χ4v) is 4.97. The zero-order chi connectivity index (χ0) is 31.4. The number of carbonyl (C=O) groups is 2. The molecule has 0 atom stereocenters. The molecule has 2 heterocycles. The second kappa shape index (κ2) is 13.5. The molecule has 0 spiro atoms. The Morgan fingerprint density at radius 1 is 1.17 bits per heavy atom. The molecular formula is C28H33Cl2F4N5O3. The van der Waals surface area contributed by atoms with Gasteiger partial charge in [0.15, 0.2) is 6.29 Å². The van der Waals surface area contributed by atoms with E-state index in [9.17, 15) is 27.2 Å². The van der Waals surface area contributed by atoms with Crippen LogP contribution in [0, 0.1) is 5.41 Å². The molecule has 8 nitrogen and oxygen atoms in total. The number of aromatic nitrogens is 2. The summed E-state index contributed by atoms with van der Waals surface area (Å²) in [4.78, 5) is 30.3. The average Bonchev–Trinajstić information content (AvgIpc) is 3.25. The van der Waals surface area contributed by atoms with Gasteiger partial charge in [-0.25, -0.2) is 22.5 Å². The number of amides is 1. The van der Waals surface area contributed by atoms with E-state index >= 15 is 0 Å². The molecule has 1 fully saturated rings. The quantitative estimate of drug-likeness (QED) is 0.189. The summed E-state index contributed by atoms with van der Waals surface area (Å²) in [5, 5.41) is 13.1. The molecule has 3 aromatic rings. The van der Waals surface area contributed by atoms with Crippen molar-refractivity contribution in [3.8, 4) is 0 Å². The van der Waals surface area contributed by atoms with Gasteiger partial charge in [-0.3, -0.25) is 9.59 Å². The highest BCUT2D eigenvalue weighted by Crippen LogP contribution is 2.38. The average molecular weight is 635 g/mol. The predicted octanol–water partition coefficient (Wildman–Crippen LogP) is 6.67. The van der Waals surface area contributed by atoms with Crippen molar-refractivity contribution in [2.24, 2.45) is 5.41 Å². The first kappa shape index (κ1) is 33.4. The van der Waals surface area contributed by atoms with Crippen LogP contribution in [0.4, 0.5) is 34.9 Å². The lowest BCUT2D eigenvalue weighted by atomic mass is 9.95. The van der Waals surface area contributed by atoms with Crippen LogP contribution in [0.15, 0.2) is 24.3 Å². The van der Waals surface area contributed by atoms with Crippen molar-refractivity contribution in [3.63, 3.8) is 0 Å². The number of rotatable bonds is 8. The first-order valence-electron chi connectivity index (χ1n) is 13.1. The molecule has 0 bridgehead atoms. The molecule has 42 heavy (non-hydrogen) atoms. The maximum absolute atomic E-state index is 13.7. The lowest BCUT2D eigenvalue weighted by molar-refractivity contribution is -0.128. The van der Waals surface area contributed by atoms with E-state index < -0.39 is 24.3 Å². The molecule has 4 rings (SSSR count). The molecule has 230 valence electrons. The number of benzene rings is 2. The largest absolute Gasteiger partial charge is 0.400 e. The Hall–Kier alpha value is -3.09. The van der Waals surface area contributed by atoms with Crippen molar-refractivity contribution in [3.05, 3.63) is 45.4 Å². The number of hydrogen-bond donors (Lipinski definition) is 3. The number of aliphatic hydroxyl groups excluding tert-OH is 1. The molecule has 0 unspecified atom stereocenters. The molecule has 1 aliphatic heterocycles. The van der Waals surface area contributed by atoms with E-state index in [0.29, 0.717) is 17.5 Å². The number of aliphatic hydroxyl groups is 1. The Labute approximate surface area is 251 Å². The highest BCUT2D eigenvalue weighted by atomic mass is 35.5. The number of halogens is 6. The monoisotopic (exact) mass is 633 g/mol. The third-order valence-corrected chi connectivity index (χ3v) is 7.46. The van der Waals surface area contributed by atoms with Gasteiger partial charge in [0, 0.05) is 56.3 Å². The standard InChI is InChI=1S/C27H29Cl2F4N5O2.CH4O/c1-26(2,3)24(40)34-12-15-4-5-17(28)23(22(15)29)36-25-35-18-10-16(14-39)19(11-20(18)38(25)13-21(30)31)37-8-6-27(32,33)7-9-37;1-2/h4-5,10-11,14,21H,6-9,12-13H2,1-3H3,(H,34,40)(H,35,36);2H,1H3. The van der Waals surface area contributed by atoms with Gasteiger partial charge in [-0.05, 0) is 23.8 Å². The minimum Gasteiger partial charge on any atom is -0.400 e. The second-order valence-corrected chi connectivity index (χ2v) is 11.5. The Bertz CT molecular complexity index is 1430. The fraction of sp³-hybridized carbons (Fsp3) is 0.464. The fourth-order valence-electron chi connectivity index (χ4n) is 4.44. The lowest BCUT2D eigenvalue weighted by Crippen LogP contribution is -2.39. The summed E-state index contributed by atoms with van der Waals surface area (Å²) in [6.07, 6.45) is -2.93. The Balaban J connectivity index is 0.00000237. The van der Waals surface area contributed by atoms with Gasteiger partial charge in [-0.2, -0.15) is 0 Å². The van der Waals surface area contributed by atoms with Crippen LogP contribution in [0.5, 0.6) is 0 Å². The van der Waals surface area contributed by atoms with Crippen LogP contribution >= 0.6 is 23.2 Å². The molecule has 1 aliphatic rings. The number of nitrogens with zero attached hydrogens (tertiary/aromatic N) is 3. The minimum atomic E-state index is -2.79. The molecule has 0 aliphatic carbocycles. The molecule has 1 amide bonds. The first-order valence-corrected chi connectivity index (χ1v) is 13.8. The normalized spacial score (nSPS) is 14.9. The summed E-state index contributed by atoms with van der Waals surface area (Å²) < 4.78 is 56.1. The maximum atomic E-state index is 13.7. The van der Waals surface area contributed by atoms with Crippen molar-refractivity contribution in [2.75, 3.05) is 30.4 Å². The van der Waals surface area contributed by atoms with Crippen molar-refractivity contribution in [1.29, 1.82) is 0 Å². The van der Waals surface area contributed by atoms with Crippen molar-refractivity contribution >= 4 is 63.8 Å². The minimum absolute atomic E-state index is 0.00541. The summed E-state index contributed by atoms with van der Waals surface area (Å²) in [6.45, 7) is 4.70. The molecule has 1 saturated heterocycles. The number of aldehydes is 1. The van der Waals surface area contributed by atoms with Gasteiger partial charge >= 0.3 is 0 Å². The van der Waals surface area contributed by atoms with E-state index in [0.717, 1.165) is 7.11 Å². The van der Waals surface area contributed by atoms with Gasteiger partial charge in [0.2, 0.25) is 11.9 Å². The topological polar surface area (TPSA) is 99.5 Å². The molecule has 2 aromatic carbocycles. The zero-order valence-electron chi connectivity index (χ0n) is 23.6. The Morgan fingerprint density at radius 2 is 1.81 bits per heavy atom. The highest BCUT2D eigenvalue weighted by Gasteiger charge is 2.35. The molecule has 3 N–H and O–H groups in total. The van der Waals surface area contributed by atoms with E-state index in [4.69, 9.17) is 28.3 Å². The number of piperidine rings is 1. The van der Waals surface area contributed by atoms with E-state index in [1.165, 1.54) is 16.7 Å². The van der Waals surface area contributed by atoms with Crippen LogP contribution in [0.25, 0.3) is 11.0 Å². The number of anilines is 3. The van der Waals surface area contributed by atoms with Crippen LogP contribution in [0.2, 0.25) is 10.0 Å². The summed E-state index contributed by atoms with van der Waals surface area (Å²) >= 11 is 13.0. The Kier molecular flexibility index (Phi) is 10.7. The van der Waals surface area contributed by atoms with Gasteiger partial charge < -0.3 is 25.2 Å². The second-order valence-electron chi connectivity index (χ2n) is 10.8. The third kappa shape index (κ3) is 7.64. The number of nitrogens with one attached hydrogen (secondary N) is 2.